The normalized spacial score (nSPS) is 17.5. The molecule has 1 aliphatic heterocycles. The van der Waals surface area contributed by atoms with Crippen molar-refractivity contribution in [1.82, 2.24) is 5.32 Å². The first-order valence-corrected chi connectivity index (χ1v) is 7.29. The molecule has 5 nitrogen and oxygen atoms in total. The predicted octanol–water partition coefficient (Wildman–Crippen LogP) is 1.72. The quantitative estimate of drug-likeness (QED) is 0.813. The van der Waals surface area contributed by atoms with Crippen molar-refractivity contribution in [2.45, 2.75) is 25.4 Å². The number of halogens is 1. The maximum atomic E-state index is 11.6. The van der Waals surface area contributed by atoms with Crippen LogP contribution < -0.4 is 5.32 Å². The van der Waals surface area contributed by atoms with Gasteiger partial charge in [-0.1, -0.05) is 23.7 Å². The second-order valence-corrected chi connectivity index (χ2v) is 5.34. The Bertz CT molecular complexity index is 483. The number of ether oxygens (including phenoxy) is 2. The zero-order valence-electron chi connectivity index (χ0n) is 11.6. The summed E-state index contributed by atoms with van der Waals surface area (Å²) in [7, 11) is 0. The van der Waals surface area contributed by atoms with Gasteiger partial charge >= 0.3 is 5.97 Å². The molecule has 1 saturated heterocycles. The second kappa shape index (κ2) is 8.00. The first kappa shape index (κ1) is 15.8. The molecule has 1 fully saturated rings. The number of nitrogens with one attached hydrogen (secondary N) is 1. The van der Waals surface area contributed by atoms with E-state index in [1.807, 2.05) is 0 Å². The highest BCUT2D eigenvalue weighted by molar-refractivity contribution is 6.30. The summed E-state index contributed by atoms with van der Waals surface area (Å²) in [4.78, 5) is 23.1. The van der Waals surface area contributed by atoms with Gasteiger partial charge < -0.3 is 14.8 Å². The summed E-state index contributed by atoms with van der Waals surface area (Å²) in [5.74, 6) is -0.750. The molecule has 1 aliphatic rings. The van der Waals surface area contributed by atoms with Crippen LogP contribution in [0, 0.1) is 0 Å². The summed E-state index contributed by atoms with van der Waals surface area (Å²) in [6, 6.07) is 6.92. The van der Waals surface area contributed by atoms with Crippen molar-refractivity contribution in [2.75, 3.05) is 19.8 Å². The summed E-state index contributed by atoms with van der Waals surface area (Å²) in [5, 5.41) is 3.30. The molecular formula is C15H18ClNO4. The van der Waals surface area contributed by atoms with Crippen molar-refractivity contribution in [1.29, 1.82) is 0 Å². The maximum Gasteiger partial charge on any atom is 0.310 e. The SMILES string of the molecule is O=C(COC(=O)Cc1ccc(Cl)cc1)NC[C@H]1CCCO1. The van der Waals surface area contributed by atoms with Gasteiger partial charge in [-0.05, 0) is 30.5 Å². The Kier molecular flexibility index (Phi) is 6.02. The van der Waals surface area contributed by atoms with Crippen LogP contribution in [0.1, 0.15) is 18.4 Å². The third kappa shape index (κ3) is 5.73. The monoisotopic (exact) mass is 311 g/mol. The Balaban J connectivity index is 1.63. The Morgan fingerprint density at radius 2 is 2.10 bits per heavy atom. The van der Waals surface area contributed by atoms with Crippen molar-refractivity contribution in [2.24, 2.45) is 0 Å². The van der Waals surface area contributed by atoms with E-state index in [0.29, 0.717) is 11.6 Å². The lowest BCUT2D eigenvalue weighted by atomic mass is 10.1. The largest absolute Gasteiger partial charge is 0.455 e. The number of esters is 1. The number of carbonyl (C=O) groups is 2. The molecule has 0 saturated carbocycles. The van der Waals surface area contributed by atoms with Crippen molar-refractivity contribution in [3.8, 4) is 0 Å². The van der Waals surface area contributed by atoms with Crippen LogP contribution in [0.4, 0.5) is 0 Å². The Morgan fingerprint density at radius 3 is 2.76 bits per heavy atom. The fourth-order valence-electron chi connectivity index (χ4n) is 2.05. The number of benzene rings is 1. The molecule has 0 aliphatic carbocycles. The molecule has 1 N–H and O–H groups in total. The predicted molar refractivity (Wildman–Crippen MR) is 78.1 cm³/mol. The van der Waals surface area contributed by atoms with Crippen LogP contribution in [0.3, 0.4) is 0 Å². The van der Waals surface area contributed by atoms with Gasteiger partial charge in [-0.3, -0.25) is 9.59 Å². The molecule has 0 bridgehead atoms. The summed E-state index contributed by atoms with van der Waals surface area (Å²) >= 11 is 5.76. The minimum absolute atomic E-state index is 0.0821. The molecule has 0 aromatic heterocycles. The van der Waals surface area contributed by atoms with E-state index in [2.05, 4.69) is 5.32 Å². The lowest BCUT2D eigenvalue weighted by molar-refractivity contribution is -0.148. The van der Waals surface area contributed by atoms with Crippen LogP contribution in [-0.4, -0.2) is 37.7 Å². The lowest BCUT2D eigenvalue weighted by Crippen LogP contribution is -2.35. The van der Waals surface area contributed by atoms with Gasteiger partial charge in [0.05, 0.1) is 12.5 Å². The number of hydrogen-bond donors (Lipinski definition) is 1. The van der Waals surface area contributed by atoms with Crippen molar-refractivity contribution >= 4 is 23.5 Å². The van der Waals surface area contributed by atoms with Crippen molar-refractivity contribution < 1.29 is 19.1 Å². The molecule has 114 valence electrons. The van der Waals surface area contributed by atoms with Gasteiger partial charge in [-0.25, -0.2) is 0 Å². The molecular weight excluding hydrogens is 294 g/mol. The smallest absolute Gasteiger partial charge is 0.310 e. The number of amides is 1. The summed E-state index contributed by atoms with van der Waals surface area (Å²) in [5.41, 5.74) is 0.796. The van der Waals surface area contributed by atoms with Gasteiger partial charge in [0.15, 0.2) is 6.61 Å². The highest BCUT2D eigenvalue weighted by atomic mass is 35.5. The Labute approximate surface area is 128 Å². The van der Waals surface area contributed by atoms with Crippen molar-refractivity contribution in [3.63, 3.8) is 0 Å². The summed E-state index contributed by atoms with van der Waals surface area (Å²) in [6.45, 7) is 0.948. The van der Waals surface area contributed by atoms with Crippen LogP contribution >= 0.6 is 11.6 Å². The molecule has 6 heteroatoms. The van der Waals surface area contributed by atoms with E-state index in [1.165, 1.54) is 0 Å². The van der Waals surface area contributed by atoms with Crippen LogP contribution in [0.2, 0.25) is 5.02 Å². The Hall–Kier alpha value is -1.59. The van der Waals surface area contributed by atoms with E-state index < -0.39 is 5.97 Å². The molecule has 2 rings (SSSR count). The molecule has 1 atom stereocenters. The van der Waals surface area contributed by atoms with Gasteiger partial charge in [-0.2, -0.15) is 0 Å². The molecule has 0 spiro atoms. The highest BCUT2D eigenvalue weighted by Gasteiger charge is 2.16. The van der Waals surface area contributed by atoms with E-state index >= 15 is 0 Å². The topological polar surface area (TPSA) is 64.6 Å². The molecule has 1 aromatic rings. The van der Waals surface area contributed by atoms with Gasteiger partial charge in [0.2, 0.25) is 0 Å². The lowest BCUT2D eigenvalue weighted by Gasteiger charge is -2.11. The zero-order chi connectivity index (χ0) is 15.1. The van der Waals surface area contributed by atoms with Gasteiger partial charge in [0.1, 0.15) is 0 Å². The minimum Gasteiger partial charge on any atom is -0.455 e. The van der Waals surface area contributed by atoms with Crippen LogP contribution in [0.5, 0.6) is 0 Å². The fraction of sp³-hybridized carbons (Fsp3) is 0.467. The van der Waals surface area contributed by atoms with Crippen LogP contribution in [0.15, 0.2) is 24.3 Å². The molecule has 1 heterocycles. The highest BCUT2D eigenvalue weighted by Crippen LogP contribution is 2.11. The number of carbonyl (C=O) groups excluding carboxylic acids is 2. The standard InChI is InChI=1S/C15H18ClNO4/c16-12-5-3-11(4-6-12)8-15(19)21-10-14(18)17-9-13-2-1-7-20-13/h3-6,13H,1-2,7-10H2,(H,17,18)/t13-/m1/s1. The first-order valence-electron chi connectivity index (χ1n) is 6.92. The second-order valence-electron chi connectivity index (χ2n) is 4.90. The van der Waals surface area contributed by atoms with Gasteiger partial charge in [0.25, 0.3) is 5.91 Å². The average Bonchev–Trinajstić information content (AvgIpc) is 2.99. The van der Waals surface area contributed by atoms with E-state index in [0.717, 1.165) is 25.0 Å². The first-order chi connectivity index (χ1) is 10.1. The minimum atomic E-state index is -0.440. The van der Waals surface area contributed by atoms with E-state index in [9.17, 15) is 9.59 Å². The van der Waals surface area contributed by atoms with Crippen LogP contribution in [0.25, 0.3) is 0 Å². The summed E-state index contributed by atoms with van der Waals surface area (Å²) < 4.78 is 10.3. The average molecular weight is 312 g/mol. The maximum absolute atomic E-state index is 11.6. The fourth-order valence-corrected chi connectivity index (χ4v) is 2.18. The van der Waals surface area contributed by atoms with Gasteiger partial charge in [-0.15, -0.1) is 0 Å². The third-order valence-electron chi connectivity index (χ3n) is 3.18. The molecule has 21 heavy (non-hydrogen) atoms. The van der Waals surface area contributed by atoms with Crippen LogP contribution in [-0.2, 0) is 25.5 Å². The number of rotatable bonds is 6. The third-order valence-corrected chi connectivity index (χ3v) is 3.43. The van der Waals surface area contributed by atoms with E-state index in [1.54, 1.807) is 24.3 Å². The van der Waals surface area contributed by atoms with Crippen molar-refractivity contribution in [3.05, 3.63) is 34.9 Å². The molecule has 0 unspecified atom stereocenters. The number of hydrogen-bond acceptors (Lipinski definition) is 4. The zero-order valence-corrected chi connectivity index (χ0v) is 12.4. The van der Waals surface area contributed by atoms with E-state index in [4.69, 9.17) is 21.1 Å². The van der Waals surface area contributed by atoms with Gasteiger partial charge in [0, 0.05) is 18.2 Å². The molecule has 1 aromatic carbocycles. The van der Waals surface area contributed by atoms with E-state index in [-0.39, 0.29) is 25.0 Å². The summed E-state index contributed by atoms with van der Waals surface area (Å²) in [6.07, 6.45) is 2.18. The molecule has 1 amide bonds. The molecule has 0 radical (unpaired) electrons. The Morgan fingerprint density at radius 1 is 1.33 bits per heavy atom.